The van der Waals surface area contributed by atoms with Crippen LogP contribution in [0.15, 0.2) is 5.38 Å². The normalized spacial score (nSPS) is 19.5. The summed E-state index contributed by atoms with van der Waals surface area (Å²) >= 11 is 1.59. The fourth-order valence-corrected chi connectivity index (χ4v) is 5.93. The Morgan fingerprint density at radius 3 is 2.58 bits per heavy atom. The average Bonchev–Trinajstić information content (AvgIpc) is 3.29. The summed E-state index contributed by atoms with van der Waals surface area (Å²) in [6, 6.07) is 0. The van der Waals surface area contributed by atoms with E-state index in [1.807, 2.05) is 10.3 Å². The first-order chi connectivity index (χ1) is 15.7. The standard InChI is InChI=1S/C26H45N3O3S/c1-21(2)23-27-22(19-33-23)24(31)29-16-18-32-26(20-29)11-14-28(15-12-26)13-7-5-6-9-25(3,4)10-8-17-30/h19,21,30H,5-18,20H2,1-4H3. The minimum absolute atomic E-state index is 0.0603. The second kappa shape index (κ2) is 12.1. The zero-order chi connectivity index (χ0) is 23.9. The molecule has 7 heteroatoms. The summed E-state index contributed by atoms with van der Waals surface area (Å²) in [6.07, 6.45) is 9.05. The molecular formula is C26H45N3O3S. The number of morpholine rings is 1. The Morgan fingerprint density at radius 2 is 1.91 bits per heavy atom. The number of aliphatic hydroxyl groups excluding tert-OH is 1. The molecule has 2 aliphatic heterocycles. The Hall–Kier alpha value is -1.02. The lowest BCUT2D eigenvalue weighted by Gasteiger charge is -2.47. The number of piperidine rings is 1. The summed E-state index contributed by atoms with van der Waals surface area (Å²) in [6.45, 7) is 14.4. The molecule has 2 saturated heterocycles. The Balaban J connectivity index is 1.39. The van der Waals surface area contributed by atoms with Gasteiger partial charge in [-0.15, -0.1) is 11.3 Å². The molecule has 1 spiro atoms. The van der Waals surface area contributed by atoms with Crippen LogP contribution in [-0.4, -0.2) is 77.3 Å². The molecule has 0 radical (unpaired) electrons. The number of hydrogen-bond donors (Lipinski definition) is 1. The number of amides is 1. The molecule has 6 nitrogen and oxygen atoms in total. The Morgan fingerprint density at radius 1 is 1.18 bits per heavy atom. The number of carbonyl (C=O) groups excluding carboxylic acids is 1. The molecule has 0 aliphatic carbocycles. The van der Waals surface area contributed by atoms with E-state index in [0.29, 0.717) is 43.3 Å². The molecule has 1 aromatic rings. The first-order valence-electron chi connectivity index (χ1n) is 13.0. The van der Waals surface area contributed by atoms with Gasteiger partial charge in [0.15, 0.2) is 0 Å². The lowest BCUT2D eigenvalue weighted by Crippen LogP contribution is -2.58. The molecular weight excluding hydrogens is 434 g/mol. The van der Waals surface area contributed by atoms with E-state index in [-0.39, 0.29) is 11.5 Å². The van der Waals surface area contributed by atoms with E-state index in [9.17, 15) is 4.79 Å². The van der Waals surface area contributed by atoms with Gasteiger partial charge in [0, 0.05) is 37.5 Å². The van der Waals surface area contributed by atoms with E-state index in [0.717, 1.165) is 50.3 Å². The van der Waals surface area contributed by atoms with Gasteiger partial charge in [0.2, 0.25) is 0 Å². The van der Waals surface area contributed by atoms with Crippen molar-refractivity contribution in [3.8, 4) is 0 Å². The number of likely N-dealkylation sites (tertiary alicyclic amines) is 1. The van der Waals surface area contributed by atoms with Gasteiger partial charge in [-0.05, 0) is 50.5 Å². The van der Waals surface area contributed by atoms with Crippen LogP contribution < -0.4 is 0 Å². The van der Waals surface area contributed by atoms with Gasteiger partial charge in [0.05, 0.1) is 23.8 Å². The van der Waals surface area contributed by atoms with Crippen molar-refractivity contribution in [3.63, 3.8) is 0 Å². The number of unbranched alkanes of at least 4 members (excludes halogenated alkanes) is 2. The van der Waals surface area contributed by atoms with E-state index in [4.69, 9.17) is 9.84 Å². The van der Waals surface area contributed by atoms with Crippen LogP contribution in [0.5, 0.6) is 0 Å². The smallest absolute Gasteiger partial charge is 0.273 e. The van der Waals surface area contributed by atoms with Gasteiger partial charge in [-0.3, -0.25) is 4.79 Å². The fraction of sp³-hybridized carbons (Fsp3) is 0.846. The topological polar surface area (TPSA) is 65.9 Å². The zero-order valence-electron chi connectivity index (χ0n) is 21.3. The minimum Gasteiger partial charge on any atom is -0.396 e. The van der Waals surface area contributed by atoms with Crippen LogP contribution in [-0.2, 0) is 4.74 Å². The highest BCUT2D eigenvalue weighted by molar-refractivity contribution is 7.09. The number of hydrogen-bond acceptors (Lipinski definition) is 6. The SMILES string of the molecule is CC(C)c1nc(C(=O)N2CCOC3(CCN(CCCCCC(C)(C)CCCO)CC3)C2)cs1. The molecule has 1 N–H and O–H groups in total. The first kappa shape index (κ1) is 26.6. The molecule has 3 rings (SSSR count). The molecule has 0 saturated carbocycles. The van der Waals surface area contributed by atoms with Crippen molar-refractivity contribution in [1.29, 1.82) is 0 Å². The molecule has 3 heterocycles. The van der Waals surface area contributed by atoms with E-state index in [1.165, 1.54) is 25.7 Å². The summed E-state index contributed by atoms with van der Waals surface area (Å²) in [5, 5.41) is 12.0. The molecule has 0 aromatic carbocycles. The lowest BCUT2D eigenvalue weighted by atomic mass is 9.82. The zero-order valence-corrected chi connectivity index (χ0v) is 22.1. The van der Waals surface area contributed by atoms with Crippen molar-refractivity contribution in [3.05, 3.63) is 16.1 Å². The maximum absolute atomic E-state index is 13.0. The van der Waals surface area contributed by atoms with Gasteiger partial charge in [0.1, 0.15) is 5.69 Å². The third kappa shape index (κ3) is 7.74. The molecule has 0 atom stereocenters. The number of ether oxygens (including phenoxy) is 1. The average molecular weight is 480 g/mol. The molecule has 188 valence electrons. The van der Waals surface area contributed by atoms with Crippen LogP contribution in [0.3, 0.4) is 0 Å². The van der Waals surface area contributed by atoms with Gasteiger partial charge in [-0.1, -0.05) is 40.5 Å². The van der Waals surface area contributed by atoms with E-state index in [2.05, 4.69) is 37.6 Å². The highest BCUT2D eigenvalue weighted by Gasteiger charge is 2.41. The van der Waals surface area contributed by atoms with Gasteiger partial charge < -0.3 is 19.6 Å². The summed E-state index contributed by atoms with van der Waals surface area (Å²) in [4.78, 5) is 22.2. The predicted octanol–water partition coefficient (Wildman–Crippen LogP) is 4.93. The number of carbonyl (C=O) groups is 1. The van der Waals surface area contributed by atoms with E-state index >= 15 is 0 Å². The van der Waals surface area contributed by atoms with Crippen LogP contribution in [0.2, 0.25) is 0 Å². The number of thiazole rings is 1. The summed E-state index contributed by atoms with van der Waals surface area (Å²) in [7, 11) is 0. The fourth-order valence-electron chi connectivity index (χ4n) is 5.12. The third-order valence-corrected chi connectivity index (χ3v) is 8.52. The highest BCUT2D eigenvalue weighted by Crippen LogP contribution is 2.32. The van der Waals surface area contributed by atoms with Crippen molar-refractivity contribution in [2.45, 2.75) is 90.6 Å². The molecule has 2 aliphatic rings. The number of nitrogens with zero attached hydrogens (tertiary/aromatic N) is 3. The largest absolute Gasteiger partial charge is 0.396 e. The highest BCUT2D eigenvalue weighted by atomic mass is 32.1. The predicted molar refractivity (Wildman–Crippen MR) is 135 cm³/mol. The second-order valence-corrected chi connectivity index (χ2v) is 12.0. The maximum Gasteiger partial charge on any atom is 0.273 e. The van der Waals surface area contributed by atoms with Crippen LogP contribution >= 0.6 is 11.3 Å². The van der Waals surface area contributed by atoms with Gasteiger partial charge in [-0.25, -0.2) is 4.98 Å². The van der Waals surface area contributed by atoms with Gasteiger partial charge in [0.25, 0.3) is 5.91 Å². The van der Waals surface area contributed by atoms with Crippen LogP contribution in [0, 0.1) is 5.41 Å². The van der Waals surface area contributed by atoms with Crippen molar-refractivity contribution in [2.75, 3.05) is 45.9 Å². The molecule has 33 heavy (non-hydrogen) atoms. The number of aliphatic hydroxyl groups is 1. The first-order valence-corrected chi connectivity index (χ1v) is 13.8. The van der Waals surface area contributed by atoms with E-state index in [1.54, 1.807) is 11.3 Å². The molecule has 1 amide bonds. The summed E-state index contributed by atoms with van der Waals surface area (Å²) in [5.74, 6) is 0.417. The van der Waals surface area contributed by atoms with Gasteiger partial charge in [-0.2, -0.15) is 0 Å². The number of rotatable bonds is 11. The van der Waals surface area contributed by atoms with Crippen molar-refractivity contribution in [1.82, 2.24) is 14.8 Å². The summed E-state index contributed by atoms with van der Waals surface area (Å²) < 4.78 is 6.27. The number of aromatic nitrogens is 1. The molecule has 1 aromatic heterocycles. The Bertz CT molecular complexity index is 741. The minimum atomic E-state index is -0.183. The van der Waals surface area contributed by atoms with Crippen molar-refractivity contribution >= 4 is 17.2 Å². The van der Waals surface area contributed by atoms with Crippen LogP contribution in [0.1, 0.15) is 100 Å². The van der Waals surface area contributed by atoms with E-state index < -0.39 is 0 Å². The third-order valence-electron chi connectivity index (χ3n) is 7.38. The molecule has 2 fully saturated rings. The quantitative estimate of drug-likeness (QED) is 0.456. The summed E-state index contributed by atoms with van der Waals surface area (Å²) in [5.41, 5.74) is 0.757. The van der Waals surface area contributed by atoms with Crippen molar-refractivity contribution < 1.29 is 14.6 Å². The Labute approximate surface area is 204 Å². The van der Waals surface area contributed by atoms with Gasteiger partial charge >= 0.3 is 0 Å². The molecule has 0 unspecified atom stereocenters. The van der Waals surface area contributed by atoms with Crippen molar-refractivity contribution in [2.24, 2.45) is 5.41 Å². The Kier molecular flexibility index (Phi) is 9.74. The second-order valence-electron chi connectivity index (χ2n) is 11.1. The maximum atomic E-state index is 13.0. The lowest BCUT2D eigenvalue weighted by molar-refractivity contribution is -0.127. The molecule has 0 bridgehead atoms. The van der Waals surface area contributed by atoms with Crippen LogP contribution in [0.4, 0.5) is 0 Å². The van der Waals surface area contributed by atoms with Crippen LogP contribution in [0.25, 0.3) is 0 Å². The monoisotopic (exact) mass is 479 g/mol.